The highest BCUT2D eigenvalue weighted by Crippen LogP contribution is 2.11. The highest BCUT2D eigenvalue weighted by Gasteiger charge is 2.12. The average Bonchev–Trinajstić information content (AvgIpc) is 2.69. The molecular weight excluding hydrogens is 202 g/mol. The Labute approximate surface area is 96.2 Å². The molecule has 1 aliphatic heterocycles. The lowest BCUT2D eigenvalue weighted by Crippen LogP contribution is -2.32. The third-order valence-corrected chi connectivity index (χ3v) is 3.33. The molecule has 0 aromatic carbocycles. The largest absolute Gasteiger partial charge is 0.303 e. The number of aromatic nitrogens is 2. The van der Waals surface area contributed by atoms with Gasteiger partial charge in [0.05, 0.1) is 11.8 Å². The van der Waals surface area contributed by atoms with Gasteiger partial charge in [0.2, 0.25) is 0 Å². The highest BCUT2D eigenvalue weighted by atomic mass is 16.1. The summed E-state index contributed by atoms with van der Waals surface area (Å²) >= 11 is 0. The molecule has 0 unspecified atom stereocenters. The van der Waals surface area contributed by atoms with Crippen molar-refractivity contribution in [2.75, 3.05) is 19.6 Å². The van der Waals surface area contributed by atoms with Gasteiger partial charge in [0, 0.05) is 25.7 Å². The summed E-state index contributed by atoms with van der Waals surface area (Å²) in [5.74, 6) is 0. The van der Waals surface area contributed by atoms with E-state index in [9.17, 15) is 4.79 Å². The zero-order valence-electron chi connectivity index (χ0n) is 9.85. The van der Waals surface area contributed by atoms with Crippen LogP contribution in [-0.4, -0.2) is 40.6 Å². The van der Waals surface area contributed by atoms with Crippen molar-refractivity contribution in [3.05, 3.63) is 17.5 Å². The Morgan fingerprint density at radius 2 is 2.12 bits per heavy atom. The van der Waals surface area contributed by atoms with Gasteiger partial charge in [-0.3, -0.25) is 9.48 Å². The summed E-state index contributed by atoms with van der Waals surface area (Å²) in [6.07, 6.45) is 7.46. The number of carbonyl (C=O) groups excluding carboxylic acids is 1. The molecule has 0 atom stereocenters. The van der Waals surface area contributed by atoms with E-state index in [0.29, 0.717) is 0 Å². The first kappa shape index (κ1) is 11.3. The maximum absolute atomic E-state index is 10.8. The third-order valence-electron chi connectivity index (χ3n) is 3.33. The van der Waals surface area contributed by atoms with Gasteiger partial charge < -0.3 is 4.90 Å². The lowest BCUT2D eigenvalue weighted by molar-refractivity contribution is 0.112. The number of carbonyl (C=O) groups is 1. The molecule has 1 aromatic heterocycles. The van der Waals surface area contributed by atoms with E-state index in [2.05, 4.69) is 10.00 Å². The van der Waals surface area contributed by atoms with Crippen molar-refractivity contribution >= 4 is 6.29 Å². The molecule has 16 heavy (non-hydrogen) atoms. The number of hydrogen-bond acceptors (Lipinski definition) is 3. The fraction of sp³-hybridized carbons (Fsp3) is 0.667. The molecule has 4 nitrogen and oxygen atoms in total. The van der Waals surface area contributed by atoms with E-state index in [4.69, 9.17) is 0 Å². The summed E-state index contributed by atoms with van der Waals surface area (Å²) in [5, 5.41) is 4.12. The molecule has 0 spiro atoms. The average molecular weight is 221 g/mol. The Kier molecular flexibility index (Phi) is 3.72. The fourth-order valence-corrected chi connectivity index (χ4v) is 2.33. The number of aldehydes is 1. The van der Waals surface area contributed by atoms with E-state index < -0.39 is 0 Å². The highest BCUT2D eigenvalue weighted by molar-refractivity contribution is 5.75. The van der Waals surface area contributed by atoms with Gasteiger partial charge in [0.25, 0.3) is 0 Å². The van der Waals surface area contributed by atoms with E-state index in [1.54, 1.807) is 6.20 Å². The number of likely N-dealkylation sites (tertiary alicyclic amines) is 1. The lowest BCUT2D eigenvalue weighted by Gasteiger charge is -2.26. The van der Waals surface area contributed by atoms with Crippen LogP contribution in [0.1, 0.15) is 35.3 Å². The summed E-state index contributed by atoms with van der Waals surface area (Å²) in [7, 11) is 1.90. The lowest BCUT2D eigenvalue weighted by atomic mass is 10.1. The molecule has 4 heteroatoms. The van der Waals surface area contributed by atoms with Crippen molar-refractivity contribution in [1.82, 2.24) is 14.7 Å². The van der Waals surface area contributed by atoms with Crippen LogP contribution in [0.2, 0.25) is 0 Å². The molecule has 88 valence electrons. The zero-order valence-corrected chi connectivity index (χ0v) is 9.85. The van der Waals surface area contributed by atoms with Gasteiger partial charge in [0.15, 0.2) is 6.29 Å². The molecule has 0 N–H and O–H groups in total. The zero-order chi connectivity index (χ0) is 11.4. The number of piperidine rings is 1. The van der Waals surface area contributed by atoms with Crippen LogP contribution < -0.4 is 0 Å². The summed E-state index contributed by atoms with van der Waals surface area (Å²) in [6, 6.07) is 0. The van der Waals surface area contributed by atoms with Crippen LogP contribution in [-0.2, 0) is 13.5 Å². The quantitative estimate of drug-likeness (QED) is 0.718. The molecule has 0 aliphatic carbocycles. The summed E-state index contributed by atoms with van der Waals surface area (Å²) in [4.78, 5) is 13.3. The van der Waals surface area contributed by atoms with Crippen molar-refractivity contribution < 1.29 is 4.79 Å². The molecule has 2 rings (SSSR count). The van der Waals surface area contributed by atoms with Crippen LogP contribution in [0.25, 0.3) is 0 Å². The second-order valence-electron chi connectivity index (χ2n) is 4.44. The molecule has 1 fully saturated rings. The second-order valence-corrected chi connectivity index (χ2v) is 4.44. The Balaban J connectivity index is 1.92. The molecule has 0 bridgehead atoms. The van der Waals surface area contributed by atoms with E-state index >= 15 is 0 Å². The minimum absolute atomic E-state index is 0.736. The Morgan fingerprint density at radius 3 is 2.81 bits per heavy atom. The van der Waals surface area contributed by atoms with Gasteiger partial charge in [-0.1, -0.05) is 6.42 Å². The number of aryl methyl sites for hydroxylation is 1. The number of rotatable bonds is 4. The standard InChI is InChI=1S/C12H19N3O/c1-14-12(11(10-16)9-13-14)5-8-15-6-3-2-4-7-15/h9-10H,2-8H2,1H3. The second kappa shape index (κ2) is 5.25. The van der Waals surface area contributed by atoms with Crippen molar-refractivity contribution in [1.29, 1.82) is 0 Å². The van der Waals surface area contributed by atoms with Gasteiger partial charge in [-0.05, 0) is 25.9 Å². The van der Waals surface area contributed by atoms with E-state index in [1.807, 2.05) is 11.7 Å². The van der Waals surface area contributed by atoms with Crippen LogP contribution in [0.3, 0.4) is 0 Å². The van der Waals surface area contributed by atoms with Gasteiger partial charge in [0.1, 0.15) is 0 Å². The molecule has 0 amide bonds. The maximum atomic E-state index is 10.8. The van der Waals surface area contributed by atoms with Gasteiger partial charge >= 0.3 is 0 Å². The Hall–Kier alpha value is -1.16. The first-order chi connectivity index (χ1) is 7.81. The smallest absolute Gasteiger partial charge is 0.153 e. The molecule has 1 saturated heterocycles. The van der Waals surface area contributed by atoms with Gasteiger partial charge in [-0.15, -0.1) is 0 Å². The summed E-state index contributed by atoms with van der Waals surface area (Å²) in [5.41, 5.74) is 1.79. The van der Waals surface area contributed by atoms with Gasteiger partial charge in [-0.2, -0.15) is 5.10 Å². The topological polar surface area (TPSA) is 38.1 Å². The first-order valence-electron chi connectivity index (χ1n) is 5.99. The Bertz CT molecular complexity index is 353. The predicted molar refractivity (Wildman–Crippen MR) is 62.6 cm³/mol. The van der Waals surface area contributed by atoms with Crippen molar-refractivity contribution in [3.63, 3.8) is 0 Å². The predicted octanol–water partition coefficient (Wildman–Crippen LogP) is 1.26. The van der Waals surface area contributed by atoms with Crippen LogP contribution >= 0.6 is 0 Å². The maximum Gasteiger partial charge on any atom is 0.153 e. The normalized spacial score (nSPS) is 17.6. The molecule has 0 radical (unpaired) electrons. The number of nitrogens with zero attached hydrogens (tertiary/aromatic N) is 3. The van der Waals surface area contributed by atoms with Crippen LogP contribution in [0.15, 0.2) is 6.20 Å². The fourth-order valence-electron chi connectivity index (χ4n) is 2.33. The molecular formula is C12H19N3O. The van der Waals surface area contributed by atoms with Crippen LogP contribution in [0.5, 0.6) is 0 Å². The van der Waals surface area contributed by atoms with Crippen LogP contribution in [0.4, 0.5) is 0 Å². The minimum Gasteiger partial charge on any atom is -0.303 e. The van der Waals surface area contributed by atoms with Gasteiger partial charge in [-0.25, -0.2) is 0 Å². The summed E-state index contributed by atoms with van der Waals surface area (Å²) in [6.45, 7) is 3.45. The van der Waals surface area contributed by atoms with E-state index in [1.165, 1.54) is 32.4 Å². The monoisotopic (exact) mass is 221 g/mol. The van der Waals surface area contributed by atoms with Crippen molar-refractivity contribution in [2.24, 2.45) is 7.05 Å². The SMILES string of the molecule is Cn1ncc(C=O)c1CCN1CCCCC1. The van der Waals surface area contributed by atoms with Crippen molar-refractivity contribution in [2.45, 2.75) is 25.7 Å². The van der Waals surface area contributed by atoms with Crippen molar-refractivity contribution in [3.8, 4) is 0 Å². The van der Waals surface area contributed by atoms with E-state index in [-0.39, 0.29) is 0 Å². The minimum atomic E-state index is 0.736. The summed E-state index contributed by atoms with van der Waals surface area (Å²) < 4.78 is 1.81. The number of hydrogen-bond donors (Lipinski definition) is 0. The molecule has 1 aliphatic rings. The first-order valence-corrected chi connectivity index (χ1v) is 5.99. The Morgan fingerprint density at radius 1 is 1.38 bits per heavy atom. The molecule has 2 heterocycles. The molecule has 1 aromatic rings. The van der Waals surface area contributed by atoms with Crippen LogP contribution in [0, 0.1) is 0 Å². The molecule has 0 saturated carbocycles. The van der Waals surface area contributed by atoms with E-state index in [0.717, 1.165) is 30.5 Å². The third kappa shape index (κ3) is 2.50.